The van der Waals surface area contributed by atoms with Gasteiger partial charge in [0.15, 0.2) is 5.96 Å². The highest BCUT2D eigenvalue weighted by molar-refractivity contribution is 5.80. The molecule has 0 radical (unpaired) electrons. The molecule has 2 atom stereocenters. The van der Waals surface area contributed by atoms with Gasteiger partial charge in [-0.1, -0.05) is 18.2 Å². The summed E-state index contributed by atoms with van der Waals surface area (Å²) in [6.07, 6.45) is -0.169. The van der Waals surface area contributed by atoms with Gasteiger partial charge in [-0.05, 0) is 43.2 Å². The van der Waals surface area contributed by atoms with Crippen molar-refractivity contribution >= 4 is 11.6 Å². The largest absolute Gasteiger partial charge is 0.386 e. The topological polar surface area (TPSA) is 59.9 Å². The Hall–Kier alpha value is -2.74. The smallest absolute Gasteiger partial charge is 0.191 e. The molecule has 2 unspecified atom stereocenters. The molecule has 0 saturated carbocycles. The van der Waals surface area contributed by atoms with Crippen molar-refractivity contribution in [1.29, 1.82) is 0 Å². The van der Waals surface area contributed by atoms with Crippen LogP contribution in [0.1, 0.15) is 25.0 Å². The molecule has 0 spiro atoms. The number of anilines is 1. The Kier molecular flexibility index (Phi) is 6.98. The molecule has 3 N–H and O–H groups in total. The monoisotopic (exact) mass is 406 g/mol. The number of hydrogen-bond acceptors (Lipinski definition) is 3. The molecule has 1 fully saturated rings. The molecule has 3 rings (SSSR count). The molecule has 1 heterocycles. The van der Waals surface area contributed by atoms with Crippen molar-refractivity contribution in [2.45, 2.75) is 25.5 Å². The SMILES string of the molecule is CCNC(=NCC(O)c1ccc(F)cc1)NC1CCN(c2c(F)cccc2F)C1. The van der Waals surface area contributed by atoms with E-state index in [1.807, 2.05) is 6.92 Å². The Balaban J connectivity index is 1.61. The van der Waals surface area contributed by atoms with Crippen molar-refractivity contribution in [3.05, 3.63) is 65.5 Å². The van der Waals surface area contributed by atoms with Crippen molar-refractivity contribution in [2.75, 3.05) is 31.1 Å². The summed E-state index contributed by atoms with van der Waals surface area (Å²) in [5.74, 6) is -1.01. The zero-order valence-corrected chi connectivity index (χ0v) is 16.2. The first-order chi connectivity index (χ1) is 14.0. The number of para-hydroxylation sites is 1. The number of halogens is 3. The van der Waals surface area contributed by atoms with E-state index in [0.29, 0.717) is 37.6 Å². The van der Waals surface area contributed by atoms with Crippen LogP contribution in [0.25, 0.3) is 0 Å². The minimum absolute atomic E-state index is 0.00882. The van der Waals surface area contributed by atoms with Crippen LogP contribution in [0.4, 0.5) is 18.9 Å². The van der Waals surface area contributed by atoms with Crippen molar-refractivity contribution in [2.24, 2.45) is 4.99 Å². The van der Waals surface area contributed by atoms with Gasteiger partial charge < -0.3 is 20.6 Å². The van der Waals surface area contributed by atoms with E-state index in [9.17, 15) is 18.3 Å². The number of aliphatic imine (C=N–C) groups is 1. The number of hydrogen-bond donors (Lipinski definition) is 3. The molecule has 5 nitrogen and oxygen atoms in total. The van der Waals surface area contributed by atoms with Crippen LogP contribution in [0, 0.1) is 17.5 Å². The zero-order valence-electron chi connectivity index (χ0n) is 16.2. The fourth-order valence-corrected chi connectivity index (χ4v) is 3.35. The van der Waals surface area contributed by atoms with Gasteiger partial charge in [0.05, 0.1) is 12.6 Å². The van der Waals surface area contributed by atoms with E-state index < -0.39 is 17.7 Å². The first-order valence-electron chi connectivity index (χ1n) is 9.65. The van der Waals surface area contributed by atoms with Gasteiger partial charge in [0, 0.05) is 25.7 Å². The lowest BCUT2D eigenvalue weighted by Gasteiger charge is -2.21. The minimum Gasteiger partial charge on any atom is -0.386 e. The number of nitrogens with zero attached hydrogens (tertiary/aromatic N) is 2. The maximum absolute atomic E-state index is 14.0. The summed E-state index contributed by atoms with van der Waals surface area (Å²) in [6, 6.07) is 9.43. The number of guanidine groups is 1. The van der Waals surface area contributed by atoms with Crippen molar-refractivity contribution in [1.82, 2.24) is 10.6 Å². The maximum Gasteiger partial charge on any atom is 0.191 e. The second-order valence-electron chi connectivity index (χ2n) is 6.93. The average Bonchev–Trinajstić information content (AvgIpc) is 3.14. The van der Waals surface area contributed by atoms with Gasteiger partial charge in [-0.2, -0.15) is 0 Å². The lowest BCUT2D eigenvalue weighted by molar-refractivity contribution is 0.187. The third kappa shape index (κ3) is 5.41. The van der Waals surface area contributed by atoms with Crippen molar-refractivity contribution in [3.8, 4) is 0 Å². The van der Waals surface area contributed by atoms with Gasteiger partial charge in [0.2, 0.25) is 0 Å². The van der Waals surface area contributed by atoms with E-state index in [4.69, 9.17) is 0 Å². The van der Waals surface area contributed by atoms with Crippen LogP contribution in [0.5, 0.6) is 0 Å². The van der Waals surface area contributed by atoms with Gasteiger partial charge in [-0.3, -0.25) is 4.99 Å². The van der Waals surface area contributed by atoms with E-state index in [2.05, 4.69) is 15.6 Å². The van der Waals surface area contributed by atoms with Crippen molar-refractivity contribution < 1.29 is 18.3 Å². The third-order valence-corrected chi connectivity index (χ3v) is 4.80. The van der Waals surface area contributed by atoms with Gasteiger partial charge in [0.1, 0.15) is 23.1 Å². The van der Waals surface area contributed by atoms with Gasteiger partial charge >= 0.3 is 0 Å². The number of aliphatic hydroxyl groups is 1. The van der Waals surface area contributed by atoms with Crippen LogP contribution in [0.3, 0.4) is 0 Å². The normalized spacial score (nSPS) is 18.0. The van der Waals surface area contributed by atoms with E-state index in [1.54, 1.807) is 4.90 Å². The summed E-state index contributed by atoms with van der Waals surface area (Å²) in [7, 11) is 0. The molecule has 156 valence electrons. The Morgan fingerprint density at radius 1 is 1.17 bits per heavy atom. The van der Waals surface area contributed by atoms with Crippen molar-refractivity contribution in [3.63, 3.8) is 0 Å². The van der Waals surface area contributed by atoms with Gasteiger partial charge in [0.25, 0.3) is 0 Å². The fraction of sp³-hybridized carbons (Fsp3) is 0.381. The highest BCUT2D eigenvalue weighted by atomic mass is 19.1. The quantitative estimate of drug-likeness (QED) is 0.510. The van der Waals surface area contributed by atoms with E-state index in [1.165, 1.54) is 42.5 Å². The zero-order chi connectivity index (χ0) is 20.8. The molecule has 0 aromatic heterocycles. The number of nitrogens with one attached hydrogen (secondary N) is 2. The summed E-state index contributed by atoms with van der Waals surface area (Å²) >= 11 is 0. The maximum atomic E-state index is 14.0. The highest BCUT2D eigenvalue weighted by Crippen LogP contribution is 2.26. The number of rotatable bonds is 6. The number of benzene rings is 2. The number of aliphatic hydroxyl groups excluding tert-OH is 1. The Bertz CT molecular complexity index is 824. The van der Waals surface area contributed by atoms with E-state index >= 15 is 0 Å². The first kappa shape index (κ1) is 21.0. The van der Waals surface area contributed by atoms with Gasteiger partial charge in [-0.25, -0.2) is 13.2 Å². The van der Waals surface area contributed by atoms with Crippen LogP contribution in [-0.4, -0.2) is 43.3 Å². The molecule has 0 bridgehead atoms. The second kappa shape index (κ2) is 9.65. The molecule has 0 amide bonds. The molecule has 2 aromatic rings. The third-order valence-electron chi connectivity index (χ3n) is 4.80. The van der Waals surface area contributed by atoms with Crippen LogP contribution < -0.4 is 15.5 Å². The van der Waals surface area contributed by atoms with Crippen LogP contribution in [0.2, 0.25) is 0 Å². The molecule has 0 aliphatic carbocycles. The van der Waals surface area contributed by atoms with E-state index in [-0.39, 0.29) is 24.1 Å². The molecule has 1 aliphatic rings. The lowest BCUT2D eigenvalue weighted by atomic mass is 10.1. The second-order valence-corrected chi connectivity index (χ2v) is 6.93. The molecular weight excluding hydrogens is 381 g/mol. The highest BCUT2D eigenvalue weighted by Gasteiger charge is 2.27. The standard InChI is InChI=1S/C21H25F3N4O/c1-2-25-21(26-12-19(29)14-6-8-15(22)9-7-14)27-16-10-11-28(13-16)20-17(23)4-3-5-18(20)24/h3-9,16,19,29H,2,10-13H2,1H3,(H2,25,26,27). The Morgan fingerprint density at radius 3 is 2.52 bits per heavy atom. The molecule has 1 saturated heterocycles. The predicted octanol–water partition coefficient (Wildman–Crippen LogP) is 2.97. The Morgan fingerprint density at radius 2 is 1.86 bits per heavy atom. The molecular formula is C21H25F3N4O. The summed E-state index contributed by atoms with van der Waals surface area (Å²) in [5.41, 5.74) is 0.568. The first-order valence-corrected chi connectivity index (χ1v) is 9.65. The molecule has 8 heteroatoms. The van der Waals surface area contributed by atoms with Crippen LogP contribution >= 0.6 is 0 Å². The minimum atomic E-state index is -0.862. The molecule has 1 aliphatic heterocycles. The fourth-order valence-electron chi connectivity index (χ4n) is 3.35. The summed E-state index contributed by atoms with van der Waals surface area (Å²) in [5, 5.41) is 16.6. The Labute approximate surface area is 168 Å². The summed E-state index contributed by atoms with van der Waals surface area (Å²) in [4.78, 5) is 6.07. The van der Waals surface area contributed by atoms with E-state index in [0.717, 1.165) is 0 Å². The molecule has 29 heavy (non-hydrogen) atoms. The summed E-state index contributed by atoms with van der Waals surface area (Å²) < 4.78 is 41.1. The van der Waals surface area contributed by atoms with Crippen LogP contribution in [-0.2, 0) is 0 Å². The molecule has 2 aromatic carbocycles. The van der Waals surface area contributed by atoms with Crippen LogP contribution in [0.15, 0.2) is 47.5 Å². The van der Waals surface area contributed by atoms with Gasteiger partial charge in [-0.15, -0.1) is 0 Å². The summed E-state index contributed by atoms with van der Waals surface area (Å²) in [6.45, 7) is 3.59. The lowest BCUT2D eigenvalue weighted by Crippen LogP contribution is -2.45. The average molecular weight is 406 g/mol. The predicted molar refractivity (Wildman–Crippen MR) is 107 cm³/mol.